The highest BCUT2D eigenvalue weighted by Crippen LogP contribution is 2.32. The molecule has 0 aromatic heterocycles. The van der Waals surface area contributed by atoms with Crippen LogP contribution >= 0.6 is 27.5 Å². The molecule has 0 saturated carbocycles. The predicted octanol–water partition coefficient (Wildman–Crippen LogP) is 7.69. The third-order valence-corrected chi connectivity index (χ3v) is 6.54. The van der Waals surface area contributed by atoms with Gasteiger partial charge < -0.3 is 10.1 Å². The molecule has 4 nitrogen and oxygen atoms in total. The Balaban J connectivity index is 1.70. The first-order valence-electron chi connectivity index (χ1n) is 10.5. The summed E-state index contributed by atoms with van der Waals surface area (Å²) in [5.41, 5.74) is 3.03. The Kier molecular flexibility index (Phi) is 7.32. The Morgan fingerprint density at radius 2 is 1.85 bits per heavy atom. The van der Waals surface area contributed by atoms with Crippen molar-refractivity contribution in [1.29, 1.82) is 5.26 Å². The predicted molar refractivity (Wildman–Crippen MR) is 141 cm³/mol. The van der Waals surface area contributed by atoms with Gasteiger partial charge in [-0.05, 0) is 53.6 Å². The summed E-state index contributed by atoms with van der Waals surface area (Å²) in [6.45, 7) is 2.21. The van der Waals surface area contributed by atoms with E-state index >= 15 is 0 Å². The van der Waals surface area contributed by atoms with Crippen molar-refractivity contribution < 1.29 is 9.53 Å². The van der Waals surface area contributed by atoms with Crippen molar-refractivity contribution >= 4 is 56.0 Å². The number of halogens is 2. The lowest BCUT2D eigenvalue weighted by molar-refractivity contribution is -0.112. The van der Waals surface area contributed by atoms with E-state index in [-0.39, 0.29) is 5.57 Å². The molecule has 0 fully saturated rings. The van der Waals surface area contributed by atoms with Gasteiger partial charge in [-0.25, -0.2) is 0 Å². The number of amides is 1. The monoisotopic (exact) mass is 530 g/mol. The molecule has 4 rings (SSSR count). The molecule has 0 heterocycles. The molecule has 0 bridgehead atoms. The zero-order chi connectivity index (χ0) is 24.1. The van der Waals surface area contributed by atoms with Crippen molar-refractivity contribution in [2.24, 2.45) is 0 Å². The molecule has 4 aromatic rings. The summed E-state index contributed by atoms with van der Waals surface area (Å²) in [4.78, 5) is 12.9. The van der Waals surface area contributed by atoms with Gasteiger partial charge in [-0.2, -0.15) is 5.26 Å². The minimum atomic E-state index is -0.521. The van der Waals surface area contributed by atoms with Gasteiger partial charge in [-0.15, -0.1) is 0 Å². The Morgan fingerprint density at radius 3 is 2.62 bits per heavy atom. The van der Waals surface area contributed by atoms with Crippen molar-refractivity contribution in [2.75, 3.05) is 5.32 Å². The fourth-order valence-electron chi connectivity index (χ4n) is 3.48. The smallest absolute Gasteiger partial charge is 0.266 e. The van der Waals surface area contributed by atoms with E-state index in [0.717, 1.165) is 26.4 Å². The van der Waals surface area contributed by atoms with Crippen LogP contribution in [0.25, 0.3) is 16.8 Å². The van der Waals surface area contributed by atoms with Crippen LogP contribution in [-0.2, 0) is 11.4 Å². The third kappa shape index (κ3) is 5.31. The average Bonchev–Trinajstić information content (AvgIpc) is 2.84. The van der Waals surface area contributed by atoms with Gasteiger partial charge in [-0.3, -0.25) is 4.79 Å². The molecule has 0 atom stereocenters. The summed E-state index contributed by atoms with van der Waals surface area (Å²) < 4.78 is 7.10. The number of carbonyl (C=O) groups is 1. The first-order valence-corrected chi connectivity index (χ1v) is 11.7. The van der Waals surface area contributed by atoms with Crippen LogP contribution in [0.5, 0.6) is 5.75 Å². The number of ether oxygens (including phenoxy) is 1. The number of benzene rings is 4. The lowest BCUT2D eigenvalue weighted by atomic mass is 10.0. The molecular formula is C28H20BrClN2O2. The van der Waals surface area contributed by atoms with E-state index in [1.807, 2.05) is 79.7 Å². The van der Waals surface area contributed by atoms with Crippen LogP contribution in [-0.4, -0.2) is 5.91 Å². The van der Waals surface area contributed by atoms with Crippen molar-refractivity contribution in [3.8, 4) is 11.8 Å². The van der Waals surface area contributed by atoms with Crippen LogP contribution < -0.4 is 10.1 Å². The van der Waals surface area contributed by atoms with Crippen LogP contribution in [0.3, 0.4) is 0 Å². The first kappa shape index (κ1) is 23.6. The number of fused-ring (bicyclic) bond motifs is 1. The van der Waals surface area contributed by atoms with E-state index < -0.39 is 5.91 Å². The maximum atomic E-state index is 12.9. The molecule has 168 valence electrons. The van der Waals surface area contributed by atoms with E-state index in [1.54, 1.807) is 18.2 Å². The molecule has 0 radical (unpaired) electrons. The maximum Gasteiger partial charge on any atom is 0.266 e. The number of nitriles is 1. The number of rotatable bonds is 6. The third-order valence-electron chi connectivity index (χ3n) is 5.36. The highest BCUT2D eigenvalue weighted by molar-refractivity contribution is 9.10. The SMILES string of the molecule is Cc1ccc(NC(=O)/C(C#N)=C/c2c(OCc3ccccc3Br)ccc3ccccc23)cc1Cl. The lowest BCUT2D eigenvalue weighted by Gasteiger charge is -2.13. The highest BCUT2D eigenvalue weighted by atomic mass is 79.9. The van der Waals surface area contributed by atoms with E-state index in [1.165, 1.54) is 0 Å². The molecule has 1 amide bonds. The largest absolute Gasteiger partial charge is 0.488 e. The molecule has 0 spiro atoms. The molecule has 6 heteroatoms. The van der Waals surface area contributed by atoms with Gasteiger partial charge in [0.1, 0.15) is 24.0 Å². The van der Waals surface area contributed by atoms with E-state index in [0.29, 0.717) is 28.6 Å². The van der Waals surface area contributed by atoms with Gasteiger partial charge in [0.05, 0.1) is 0 Å². The molecule has 0 aliphatic carbocycles. The van der Waals surface area contributed by atoms with Crippen LogP contribution in [0.15, 0.2) is 88.9 Å². The molecule has 34 heavy (non-hydrogen) atoms. The normalized spacial score (nSPS) is 11.2. The summed E-state index contributed by atoms with van der Waals surface area (Å²) in [6.07, 6.45) is 1.57. The topological polar surface area (TPSA) is 62.1 Å². The van der Waals surface area contributed by atoms with Crippen LogP contribution in [0.1, 0.15) is 16.7 Å². The fraction of sp³-hybridized carbons (Fsp3) is 0.0714. The quantitative estimate of drug-likeness (QED) is 0.205. The molecule has 4 aromatic carbocycles. The lowest BCUT2D eigenvalue weighted by Crippen LogP contribution is -2.13. The number of carbonyl (C=O) groups excluding carboxylic acids is 1. The molecule has 1 N–H and O–H groups in total. The van der Waals surface area contributed by atoms with Gasteiger partial charge in [0.25, 0.3) is 5.91 Å². The Hall–Kier alpha value is -3.59. The zero-order valence-electron chi connectivity index (χ0n) is 18.3. The Labute approximate surface area is 211 Å². The summed E-state index contributed by atoms with van der Waals surface area (Å²) in [5, 5.41) is 14.9. The summed E-state index contributed by atoms with van der Waals surface area (Å²) >= 11 is 9.71. The number of nitrogens with one attached hydrogen (secondary N) is 1. The number of anilines is 1. The van der Waals surface area contributed by atoms with E-state index in [2.05, 4.69) is 21.2 Å². The summed E-state index contributed by atoms with van der Waals surface area (Å²) in [7, 11) is 0. The second kappa shape index (κ2) is 10.6. The molecule has 0 unspecified atom stereocenters. The average molecular weight is 532 g/mol. The van der Waals surface area contributed by atoms with Gasteiger partial charge in [0.15, 0.2) is 0 Å². The van der Waals surface area contributed by atoms with Crippen molar-refractivity contribution in [2.45, 2.75) is 13.5 Å². The van der Waals surface area contributed by atoms with Gasteiger partial charge in [0.2, 0.25) is 0 Å². The summed E-state index contributed by atoms with van der Waals surface area (Å²) in [5.74, 6) is 0.0560. The van der Waals surface area contributed by atoms with Crippen LogP contribution in [0.4, 0.5) is 5.69 Å². The molecule has 0 saturated heterocycles. The summed E-state index contributed by atoms with van der Waals surface area (Å²) in [6, 6.07) is 26.7. The minimum Gasteiger partial charge on any atom is -0.488 e. The number of hydrogen-bond donors (Lipinski definition) is 1. The highest BCUT2D eigenvalue weighted by Gasteiger charge is 2.14. The molecule has 0 aliphatic heterocycles. The number of hydrogen-bond acceptors (Lipinski definition) is 3. The zero-order valence-corrected chi connectivity index (χ0v) is 20.7. The van der Waals surface area contributed by atoms with Gasteiger partial charge in [-0.1, -0.05) is 82.1 Å². The van der Waals surface area contributed by atoms with Crippen molar-refractivity contribution in [3.63, 3.8) is 0 Å². The van der Waals surface area contributed by atoms with Crippen molar-refractivity contribution in [3.05, 3.63) is 111 Å². The standard InChI is InChI=1S/C28H20BrClN2O2/c1-18-10-12-22(15-26(18)30)32-28(33)21(16-31)14-24-23-8-4-2-6-19(23)11-13-27(24)34-17-20-7-3-5-9-25(20)29/h2-15H,17H2,1H3,(H,32,33)/b21-14+. The van der Waals surface area contributed by atoms with Gasteiger partial charge in [0, 0.05) is 26.3 Å². The van der Waals surface area contributed by atoms with Crippen LogP contribution in [0, 0.1) is 18.3 Å². The fourth-order valence-corrected chi connectivity index (χ4v) is 4.06. The minimum absolute atomic E-state index is 0.0428. The number of nitrogens with zero attached hydrogens (tertiary/aromatic N) is 1. The second-order valence-corrected chi connectivity index (χ2v) is 8.93. The second-order valence-electron chi connectivity index (χ2n) is 7.67. The Bertz CT molecular complexity index is 1460. The van der Waals surface area contributed by atoms with Crippen LogP contribution in [0.2, 0.25) is 5.02 Å². The molecular weight excluding hydrogens is 512 g/mol. The van der Waals surface area contributed by atoms with E-state index in [9.17, 15) is 10.1 Å². The maximum absolute atomic E-state index is 12.9. The van der Waals surface area contributed by atoms with Crippen molar-refractivity contribution in [1.82, 2.24) is 0 Å². The molecule has 0 aliphatic rings. The number of aryl methyl sites for hydroxylation is 1. The first-order chi connectivity index (χ1) is 16.5. The Morgan fingerprint density at radius 1 is 1.09 bits per heavy atom. The van der Waals surface area contributed by atoms with E-state index in [4.69, 9.17) is 16.3 Å². The van der Waals surface area contributed by atoms with Gasteiger partial charge >= 0.3 is 0 Å².